The fourth-order valence-electron chi connectivity index (χ4n) is 6.54. The van der Waals surface area contributed by atoms with Crippen molar-refractivity contribution in [3.05, 3.63) is 81.5 Å². The Morgan fingerprint density at radius 3 is 2.04 bits per heavy atom. The zero-order valence-corrected chi connectivity index (χ0v) is 28.1. The molecule has 5 heterocycles. The number of carbonyl (C=O) groups is 3. The summed E-state index contributed by atoms with van der Waals surface area (Å²) in [5.41, 5.74) is 9.31. The quantitative estimate of drug-likeness (QED) is 0.251. The lowest BCUT2D eigenvalue weighted by Crippen LogP contribution is -2.42. The first-order valence-corrected chi connectivity index (χ1v) is 16.2. The van der Waals surface area contributed by atoms with Crippen LogP contribution in [0.2, 0.25) is 0 Å². The minimum atomic E-state index is -1.05. The molecule has 1 amide bonds. The molecule has 5 aliphatic rings. The van der Waals surface area contributed by atoms with Crippen molar-refractivity contribution in [2.24, 2.45) is 37.2 Å². The largest absolute Gasteiger partial charge is 0.481 e. The number of allylic oxidation sites excluding steroid dienone is 11. The van der Waals surface area contributed by atoms with Gasteiger partial charge in [0.2, 0.25) is 5.91 Å². The average molecular weight is 638 g/mol. The minimum Gasteiger partial charge on any atom is -0.481 e. The van der Waals surface area contributed by atoms with Crippen LogP contribution in [-0.2, 0) is 14.4 Å². The molecule has 0 unspecified atom stereocenters. The number of rotatable bonds is 10. The predicted molar refractivity (Wildman–Crippen MR) is 185 cm³/mol. The average Bonchev–Trinajstić information content (AvgIpc) is 3.64. The van der Waals surface area contributed by atoms with Gasteiger partial charge in [-0.2, -0.15) is 0 Å². The SMILES string of the molecule is CC1=CC2=CC3=NC(=CC4=NC(=CC5=NC(=CC1=N2)C=C5C)C(C)(C)[C@H]4CCC(=O)N[C@@H](CC(C)C)C(=O)O)C(CCC(=O)O)=C3C. The van der Waals surface area contributed by atoms with Crippen molar-refractivity contribution < 1.29 is 24.6 Å². The van der Waals surface area contributed by atoms with E-state index < -0.39 is 23.4 Å². The lowest BCUT2D eigenvalue weighted by atomic mass is 9.73. The Labute approximate surface area is 275 Å². The van der Waals surface area contributed by atoms with Crippen LogP contribution < -0.4 is 5.32 Å². The van der Waals surface area contributed by atoms with Crippen LogP contribution in [0.3, 0.4) is 0 Å². The van der Waals surface area contributed by atoms with Gasteiger partial charge in [-0.15, -0.1) is 0 Å². The minimum absolute atomic E-state index is 0.0441. The van der Waals surface area contributed by atoms with Crippen molar-refractivity contribution in [2.75, 3.05) is 0 Å². The normalized spacial score (nSPS) is 21.9. The Morgan fingerprint density at radius 1 is 0.830 bits per heavy atom. The summed E-state index contributed by atoms with van der Waals surface area (Å²) < 4.78 is 0. The van der Waals surface area contributed by atoms with E-state index in [-0.39, 0.29) is 30.6 Å². The van der Waals surface area contributed by atoms with Gasteiger partial charge in [0.25, 0.3) is 0 Å². The number of carboxylic acids is 2. The first-order valence-electron chi connectivity index (χ1n) is 16.2. The van der Waals surface area contributed by atoms with E-state index in [1.165, 1.54) is 0 Å². The molecular formula is C37H43N5O5. The highest BCUT2D eigenvalue weighted by Gasteiger charge is 2.42. The first kappa shape index (κ1) is 33.6. The molecule has 246 valence electrons. The molecule has 10 nitrogen and oxygen atoms in total. The van der Waals surface area contributed by atoms with Crippen LogP contribution in [0.1, 0.15) is 80.6 Å². The fourth-order valence-corrected chi connectivity index (χ4v) is 6.54. The van der Waals surface area contributed by atoms with Crippen molar-refractivity contribution in [2.45, 2.75) is 86.6 Å². The lowest BCUT2D eigenvalue weighted by molar-refractivity contribution is -0.142. The van der Waals surface area contributed by atoms with Gasteiger partial charge in [-0.1, -0.05) is 27.7 Å². The van der Waals surface area contributed by atoms with Gasteiger partial charge in [0.15, 0.2) is 0 Å². The summed E-state index contributed by atoms with van der Waals surface area (Å²) in [6.45, 7) is 14.0. The van der Waals surface area contributed by atoms with Crippen LogP contribution in [-0.4, -0.2) is 56.9 Å². The van der Waals surface area contributed by atoms with Crippen molar-refractivity contribution in [3.8, 4) is 0 Å². The maximum Gasteiger partial charge on any atom is 0.326 e. The number of aliphatic imine (C=N–C) groups is 4. The number of carbonyl (C=O) groups excluding carboxylic acids is 1. The molecule has 47 heavy (non-hydrogen) atoms. The van der Waals surface area contributed by atoms with E-state index >= 15 is 0 Å². The number of hydrogen-bond acceptors (Lipinski definition) is 7. The molecule has 3 N–H and O–H groups in total. The van der Waals surface area contributed by atoms with Gasteiger partial charge < -0.3 is 15.5 Å². The summed E-state index contributed by atoms with van der Waals surface area (Å²) in [6.07, 6.45) is 13.0. The van der Waals surface area contributed by atoms with Gasteiger partial charge in [-0.3, -0.25) is 14.6 Å². The number of fused-ring (bicyclic) bond motifs is 4. The van der Waals surface area contributed by atoms with Gasteiger partial charge >= 0.3 is 11.9 Å². The lowest BCUT2D eigenvalue weighted by Gasteiger charge is -2.28. The topological polar surface area (TPSA) is 153 Å². The number of carboxylic acid groups (broad SMARTS) is 2. The summed E-state index contributed by atoms with van der Waals surface area (Å²) >= 11 is 0. The van der Waals surface area contributed by atoms with Crippen LogP contribution >= 0.6 is 0 Å². The third kappa shape index (κ3) is 7.32. The molecule has 0 aromatic carbocycles. The monoisotopic (exact) mass is 637 g/mol. The summed E-state index contributed by atoms with van der Waals surface area (Å²) in [6, 6.07) is -0.950. The van der Waals surface area contributed by atoms with Crippen LogP contribution in [0, 0.1) is 17.3 Å². The van der Waals surface area contributed by atoms with Crippen LogP contribution in [0.5, 0.6) is 0 Å². The number of nitrogens with one attached hydrogen (secondary N) is 1. The molecule has 0 aromatic rings. The smallest absolute Gasteiger partial charge is 0.326 e. The molecule has 0 saturated heterocycles. The zero-order chi connectivity index (χ0) is 34.2. The highest BCUT2D eigenvalue weighted by atomic mass is 16.4. The fraction of sp³-hybridized carbons (Fsp3) is 0.432. The molecular weight excluding hydrogens is 594 g/mol. The third-order valence-electron chi connectivity index (χ3n) is 9.28. The Hall–Kier alpha value is -4.73. The molecule has 0 aromatic heterocycles. The van der Waals surface area contributed by atoms with Gasteiger partial charge in [-0.05, 0) is 105 Å². The van der Waals surface area contributed by atoms with Crippen molar-refractivity contribution >= 4 is 40.7 Å². The van der Waals surface area contributed by atoms with Gasteiger partial charge in [0.05, 0.1) is 34.2 Å². The van der Waals surface area contributed by atoms with E-state index in [0.29, 0.717) is 30.7 Å². The van der Waals surface area contributed by atoms with Crippen LogP contribution in [0.25, 0.3) is 0 Å². The summed E-state index contributed by atoms with van der Waals surface area (Å²) in [4.78, 5) is 56.4. The first-order chi connectivity index (χ1) is 22.1. The molecule has 0 radical (unpaired) electrons. The second-order valence-corrected chi connectivity index (χ2v) is 13.8. The second kappa shape index (κ2) is 13.2. The van der Waals surface area contributed by atoms with E-state index in [1.54, 1.807) is 0 Å². The van der Waals surface area contributed by atoms with Crippen molar-refractivity contribution in [1.29, 1.82) is 0 Å². The maximum atomic E-state index is 13.1. The highest BCUT2D eigenvalue weighted by molar-refractivity contribution is 6.17. The Morgan fingerprint density at radius 2 is 1.45 bits per heavy atom. The molecule has 8 bridgehead atoms. The third-order valence-corrected chi connectivity index (χ3v) is 9.28. The molecule has 0 aliphatic carbocycles. The van der Waals surface area contributed by atoms with Crippen molar-refractivity contribution in [1.82, 2.24) is 5.32 Å². The molecule has 2 atom stereocenters. The van der Waals surface area contributed by atoms with Crippen LogP contribution in [0.15, 0.2) is 102 Å². The maximum absolute atomic E-state index is 13.1. The molecule has 0 saturated carbocycles. The van der Waals surface area contributed by atoms with E-state index in [0.717, 1.165) is 56.5 Å². The van der Waals surface area contributed by atoms with Crippen molar-refractivity contribution in [3.63, 3.8) is 0 Å². The zero-order valence-electron chi connectivity index (χ0n) is 28.1. The van der Waals surface area contributed by atoms with E-state index in [9.17, 15) is 24.6 Å². The van der Waals surface area contributed by atoms with Gasteiger partial charge in [0, 0.05) is 35.6 Å². The Kier molecular flexibility index (Phi) is 9.43. The summed E-state index contributed by atoms with van der Waals surface area (Å²) in [5, 5.41) is 21.9. The second-order valence-electron chi connectivity index (χ2n) is 13.8. The summed E-state index contributed by atoms with van der Waals surface area (Å²) in [5.74, 6) is -2.36. The Balaban J connectivity index is 1.58. The van der Waals surface area contributed by atoms with E-state index in [2.05, 4.69) is 19.2 Å². The predicted octanol–water partition coefficient (Wildman–Crippen LogP) is 6.47. The standard InChI is InChI=1S/C37H43N5O5/c1-19(2)12-32(36(46)47)42-34(43)10-9-26-31-17-30-25(8-11-35(44)45)22(5)29(40-30)16-24-13-20(3)27(38-24)15-23-14-21(4)28(39-23)18-33(41-31)37(26,6)7/h13-19,26,32H,8-12H2,1-7H3,(H,42,43)(H,44,45)(H,46,47)/t26-,32-/m0/s1. The number of amides is 1. The summed E-state index contributed by atoms with van der Waals surface area (Å²) in [7, 11) is 0. The van der Waals surface area contributed by atoms with Gasteiger partial charge in [-0.25, -0.2) is 19.8 Å². The number of hydrogen-bond donors (Lipinski definition) is 3. The molecule has 5 rings (SSSR count). The molecule has 10 heteroatoms. The van der Waals surface area contributed by atoms with E-state index in [1.807, 2.05) is 71.1 Å². The number of nitrogens with zero attached hydrogens (tertiary/aromatic N) is 4. The van der Waals surface area contributed by atoms with Gasteiger partial charge in [0.1, 0.15) is 6.04 Å². The number of aliphatic carboxylic acids is 2. The van der Waals surface area contributed by atoms with E-state index in [4.69, 9.17) is 20.0 Å². The molecule has 0 spiro atoms. The van der Waals surface area contributed by atoms with Crippen LogP contribution in [0.4, 0.5) is 0 Å². The highest BCUT2D eigenvalue weighted by Crippen LogP contribution is 2.46. The molecule has 0 fully saturated rings. The molecule has 5 aliphatic heterocycles. The Bertz CT molecular complexity index is 1780.